The van der Waals surface area contributed by atoms with Gasteiger partial charge in [0.05, 0.1) is 24.7 Å². The first-order valence-corrected chi connectivity index (χ1v) is 6.70. The Bertz CT molecular complexity index is 554. The van der Waals surface area contributed by atoms with Gasteiger partial charge in [-0.25, -0.2) is 8.42 Å². The molecule has 0 aliphatic carbocycles. The lowest BCUT2D eigenvalue weighted by atomic mass is 10.2. The number of benzene rings is 1. The Morgan fingerprint density at radius 2 is 1.56 bits per heavy atom. The molecule has 18 heavy (non-hydrogen) atoms. The minimum absolute atomic E-state index is 0.162. The van der Waals surface area contributed by atoms with Crippen molar-refractivity contribution in [2.45, 2.75) is 11.1 Å². The Balaban J connectivity index is 3.68. The van der Waals surface area contributed by atoms with Crippen molar-refractivity contribution in [3.63, 3.8) is 0 Å². The quantitative estimate of drug-likeness (QED) is 0.806. The molecule has 1 aromatic carbocycles. The summed E-state index contributed by atoms with van der Waals surface area (Å²) in [5.41, 5.74) is -1.41. The maximum Gasteiger partial charge on any atom is 0.417 e. The summed E-state index contributed by atoms with van der Waals surface area (Å²) >= 11 is 0. The van der Waals surface area contributed by atoms with Crippen molar-refractivity contribution in [3.05, 3.63) is 17.7 Å². The number of halogens is 4. The maximum atomic E-state index is 12.7. The summed E-state index contributed by atoms with van der Waals surface area (Å²) in [5, 5.41) is 0. The van der Waals surface area contributed by atoms with Crippen molar-refractivity contribution in [3.8, 4) is 11.5 Å². The number of hydrogen-bond acceptors (Lipinski definition) is 4. The van der Waals surface area contributed by atoms with Gasteiger partial charge in [-0.2, -0.15) is 13.2 Å². The molecule has 0 heterocycles. The molecule has 0 spiro atoms. The van der Waals surface area contributed by atoms with Crippen LogP contribution in [0.3, 0.4) is 0 Å². The molecule has 0 N–H and O–H groups in total. The fourth-order valence-corrected chi connectivity index (χ4v) is 2.35. The van der Waals surface area contributed by atoms with Crippen LogP contribution in [-0.4, -0.2) is 22.6 Å². The van der Waals surface area contributed by atoms with Crippen LogP contribution in [0.5, 0.6) is 11.5 Å². The van der Waals surface area contributed by atoms with E-state index in [2.05, 4.69) is 4.74 Å². The maximum absolute atomic E-state index is 12.7. The summed E-state index contributed by atoms with van der Waals surface area (Å²) in [7, 11) is 2.71. The summed E-state index contributed by atoms with van der Waals surface area (Å²) in [5.74, 6) is -0.404. The van der Waals surface area contributed by atoms with Gasteiger partial charge in [-0.15, -0.1) is 0 Å². The van der Waals surface area contributed by atoms with Gasteiger partial charge in [0, 0.05) is 16.7 Å². The first kappa shape index (κ1) is 14.9. The van der Waals surface area contributed by atoms with Crippen LogP contribution in [0.4, 0.5) is 13.2 Å². The molecule has 102 valence electrons. The van der Waals surface area contributed by atoms with Gasteiger partial charge in [0.2, 0.25) is 0 Å². The summed E-state index contributed by atoms with van der Waals surface area (Å²) in [6.07, 6.45) is -4.88. The summed E-state index contributed by atoms with van der Waals surface area (Å²) < 4.78 is 69.8. The zero-order valence-electron chi connectivity index (χ0n) is 9.21. The van der Waals surface area contributed by atoms with Crippen molar-refractivity contribution in [2.75, 3.05) is 14.2 Å². The minimum Gasteiger partial charge on any atom is -0.493 e. The average Bonchev–Trinajstić information content (AvgIpc) is 2.24. The molecule has 0 aromatic heterocycles. The molecule has 0 bridgehead atoms. The molecule has 1 aromatic rings. The van der Waals surface area contributed by atoms with Crippen LogP contribution in [0.15, 0.2) is 17.0 Å². The van der Waals surface area contributed by atoms with Crippen LogP contribution < -0.4 is 9.47 Å². The van der Waals surface area contributed by atoms with E-state index in [9.17, 15) is 21.6 Å². The SMILES string of the molecule is COc1cc(C(F)(F)F)c(S(=O)(=O)Cl)cc1OC. The van der Waals surface area contributed by atoms with E-state index in [0.29, 0.717) is 12.1 Å². The highest BCUT2D eigenvalue weighted by molar-refractivity contribution is 8.13. The Labute approximate surface area is 106 Å². The van der Waals surface area contributed by atoms with Crippen molar-refractivity contribution >= 4 is 19.7 Å². The van der Waals surface area contributed by atoms with Gasteiger partial charge in [0.15, 0.2) is 11.5 Å². The predicted octanol–water partition coefficient (Wildman–Crippen LogP) is 2.65. The third-order valence-electron chi connectivity index (χ3n) is 2.05. The standard InChI is InChI=1S/C9H8ClF3O4S/c1-16-6-3-5(9(11,12)13)8(18(10,14)15)4-7(6)17-2/h3-4H,1-2H3. The Morgan fingerprint density at radius 1 is 1.11 bits per heavy atom. The largest absolute Gasteiger partial charge is 0.493 e. The second kappa shape index (κ2) is 4.85. The normalized spacial score (nSPS) is 12.3. The first-order valence-electron chi connectivity index (χ1n) is 4.39. The van der Waals surface area contributed by atoms with Gasteiger partial charge >= 0.3 is 6.18 Å². The van der Waals surface area contributed by atoms with E-state index in [0.717, 1.165) is 14.2 Å². The smallest absolute Gasteiger partial charge is 0.417 e. The molecular formula is C9H8ClF3O4S. The minimum atomic E-state index is -4.88. The van der Waals surface area contributed by atoms with E-state index in [1.54, 1.807) is 0 Å². The highest BCUT2D eigenvalue weighted by Crippen LogP contribution is 2.41. The molecule has 0 aliphatic rings. The van der Waals surface area contributed by atoms with Crippen molar-refractivity contribution in [2.24, 2.45) is 0 Å². The van der Waals surface area contributed by atoms with Crippen LogP contribution in [0.25, 0.3) is 0 Å². The number of hydrogen-bond donors (Lipinski definition) is 0. The highest BCUT2D eigenvalue weighted by atomic mass is 35.7. The summed E-state index contributed by atoms with van der Waals surface area (Å²) in [4.78, 5) is -1.07. The molecule has 0 unspecified atom stereocenters. The van der Waals surface area contributed by atoms with Crippen LogP contribution in [0.1, 0.15) is 5.56 Å². The first-order chi connectivity index (χ1) is 8.11. The molecule has 9 heteroatoms. The van der Waals surface area contributed by atoms with E-state index >= 15 is 0 Å². The molecule has 0 saturated carbocycles. The highest BCUT2D eigenvalue weighted by Gasteiger charge is 2.38. The Kier molecular flexibility index (Phi) is 4.02. The summed E-state index contributed by atoms with van der Waals surface area (Å²) in [6.45, 7) is 0. The third-order valence-corrected chi connectivity index (χ3v) is 3.42. The molecular weight excluding hydrogens is 297 g/mol. The molecule has 1 rings (SSSR count). The number of alkyl halides is 3. The van der Waals surface area contributed by atoms with Gasteiger partial charge < -0.3 is 9.47 Å². The van der Waals surface area contributed by atoms with Gasteiger partial charge in [0.1, 0.15) is 0 Å². The molecule has 0 amide bonds. The lowest BCUT2D eigenvalue weighted by Gasteiger charge is -2.15. The van der Waals surface area contributed by atoms with E-state index in [4.69, 9.17) is 15.4 Å². The molecule has 0 radical (unpaired) electrons. The van der Waals surface area contributed by atoms with Crippen LogP contribution in [-0.2, 0) is 15.2 Å². The molecule has 0 saturated heterocycles. The average molecular weight is 305 g/mol. The Morgan fingerprint density at radius 3 is 1.89 bits per heavy atom. The Hall–Kier alpha value is -1.15. The number of methoxy groups -OCH3 is 2. The van der Waals surface area contributed by atoms with E-state index in [-0.39, 0.29) is 11.5 Å². The lowest BCUT2D eigenvalue weighted by molar-refractivity contribution is -0.140. The van der Waals surface area contributed by atoms with Crippen molar-refractivity contribution < 1.29 is 31.1 Å². The van der Waals surface area contributed by atoms with Crippen molar-refractivity contribution in [1.82, 2.24) is 0 Å². The third kappa shape index (κ3) is 2.99. The number of rotatable bonds is 3. The van der Waals surface area contributed by atoms with E-state index in [1.807, 2.05) is 0 Å². The van der Waals surface area contributed by atoms with Crippen LogP contribution in [0, 0.1) is 0 Å². The van der Waals surface area contributed by atoms with Gasteiger partial charge in [-0.05, 0) is 6.07 Å². The molecule has 0 aliphatic heterocycles. The monoisotopic (exact) mass is 304 g/mol. The second-order valence-electron chi connectivity index (χ2n) is 3.14. The van der Waals surface area contributed by atoms with E-state index < -0.39 is 25.7 Å². The van der Waals surface area contributed by atoms with Crippen LogP contribution >= 0.6 is 10.7 Å². The van der Waals surface area contributed by atoms with Gasteiger partial charge in [0.25, 0.3) is 9.05 Å². The fraction of sp³-hybridized carbons (Fsp3) is 0.333. The molecule has 4 nitrogen and oxygen atoms in total. The fourth-order valence-electron chi connectivity index (χ4n) is 1.28. The molecule has 0 fully saturated rings. The topological polar surface area (TPSA) is 52.6 Å². The zero-order valence-corrected chi connectivity index (χ0v) is 10.8. The lowest BCUT2D eigenvalue weighted by Crippen LogP contribution is -2.11. The predicted molar refractivity (Wildman–Crippen MR) is 57.6 cm³/mol. The zero-order chi connectivity index (χ0) is 14.1. The summed E-state index contributed by atoms with van der Waals surface area (Å²) in [6, 6.07) is 1.19. The molecule has 0 atom stereocenters. The second-order valence-corrected chi connectivity index (χ2v) is 5.67. The van der Waals surface area contributed by atoms with Crippen molar-refractivity contribution in [1.29, 1.82) is 0 Å². The van der Waals surface area contributed by atoms with Gasteiger partial charge in [-0.3, -0.25) is 0 Å². The van der Waals surface area contributed by atoms with Crippen LogP contribution in [0.2, 0.25) is 0 Å². The van der Waals surface area contributed by atoms with Gasteiger partial charge in [-0.1, -0.05) is 0 Å². The number of ether oxygens (including phenoxy) is 2. The van der Waals surface area contributed by atoms with E-state index in [1.165, 1.54) is 0 Å².